The molecule has 2 nitrogen and oxygen atoms in total. The lowest BCUT2D eigenvalue weighted by Gasteiger charge is -2.38. The van der Waals surface area contributed by atoms with Gasteiger partial charge in [0.15, 0.2) is 0 Å². The molecule has 2 heteroatoms. The van der Waals surface area contributed by atoms with Crippen LogP contribution in [0.3, 0.4) is 0 Å². The summed E-state index contributed by atoms with van der Waals surface area (Å²) in [7, 11) is 0. The van der Waals surface area contributed by atoms with Gasteiger partial charge in [0.25, 0.3) is 0 Å². The van der Waals surface area contributed by atoms with Gasteiger partial charge in [0.2, 0.25) is 0 Å². The highest BCUT2D eigenvalue weighted by molar-refractivity contribution is 5.72. The second-order valence-corrected chi connectivity index (χ2v) is 9.37. The number of allylic oxidation sites excluding steroid dienone is 17. The van der Waals surface area contributed by atoms with Crippen LogP contribution in [0.1, 0.15) is 54.9 Å². The number of aliphatic hydroxyl groups is 1. The van der Waals surface area contributed by atoms with E-state index in [9.17, 15) is 9.90 Å². The smallest absolute Gasteiger partial charge is 0.145 e. The lowest BCUT2D eigenvalue weighted by atomic mass is 9.67. The zero-order valence-electron chi connectivity index (χ0n) is 20.8. The number of carbonyl (C=O) groups excluding carboxylic acids is 1. The molecule has 0 fully saturated rings. The second kappa shape index (κ2) is 13.6. The summed E-state index contributed by atoms with van der Waals surface area (Å²) in [6.07, 6.45) is 27.8. The van der Waals surface area contributed by atoms with Crippen molar-refractivity contribution in [3.63, 3.8) is 0 Å². The third kappa shape index (κ3) is 10.5. The van der Waals surface area contributed by atoms with Gasteiger partial charge in [-0.15, -0.1) is 0 Å². The molecule has 1 aliphatic rings. The lowest BCUT2D eigenvalue weighted by Crippen LogP contribution is -2.32. The molecule has 0 aromatic rings. The van der Waals surface area contributed by atoms with Gasteiger partial charge in [0.1, 0.15) is 6.29 Å². The van der Waals surface area contributed by atoms with Crippen LogP contribution < -0.4 is 0 Å². The Morgan fingerprint density at radius 3 is 1.81 bits per heavy atom. The third-order valence-electron chi connectivity index (χ3n) is 5.53. The van der Waals surface area contributed by atoms with E-state index in [1.807, 2.05) is 43.4 Å². The van der Waals surface area contributed by atoms with Gasteiger partial charge >= 0.3 is 0 Å². The summed E-state index contributed by atoms with van der Waals surface area (Å²) in [6, 6.07) is 0. The van der Waals surface area contributed by atoms with Crippen molar-refractivity contribution in [3.05, 3.63) is 107 Å². The number of rotatable bonds is 9. The Balaban J connectivity index is 2.66. The van der Waals surface area contributed by atoms with Crippen LogP contribution in [0.5, 0.6) is 0 Å². The Morgan fingerprint density at radius 2 is 1.31 bits per heavy atom. The molecule has 0 heterocycles. The van der Waals surface area contributed by atoms with E-state index in [0.717, 1.165) is 18.3 Å². The largest absolute Gasteiger partial charge is 0.389 e. The van der Waals surface area contributed by atoms with E-state index in [1.54, 1.807) is 13.0 Å². The number of carbonyl (C=O) groups is 1. The molecule has 0 bridgehead atoms. The van der Waals surface area contributed by atoms with Crippen molar-refractivity contribution in [2.75, 3.05) is 0 Å². The van der Waals surface area contributed by atoms with E-state index in [4.69, 9.17) is 0 Å². The summed E-state index contributed by atoms with van der Waals surface area (Å²) in [6.45, 7) is 14.5. The molecule has 1 rings (SSSR count). The summed E-state index contributed by atoms with van der Waals surface area (Å²) in [4.78, 5) is 10.6. The first-order valence-electron chi connectivity index (χ1n) is 11.3. The minimum Gasteiger partial charge on any atom is -0.389 e. The lowest BCUT2D eigenvalue weighted by molar-refractivity contribution is -0.104. The average molecular weight is 433 g/mol. The molecule has 0 saturated heterocycles. The van der Waals surface area contributed by atoms with Crippen molar-refractivity contribution < 1.29 is 9.90 Å². The van der Waals surface area contributed by atoms with Crippen molar-refractivity contribution in [1.82, 2.24) is 0 Å². The average Bonchev–Trinajstić information content (AvgIpc) is 2.69. The van der Waals surface area contributed by atoms with Gasteiger partial charge in [-0.1, -0.05) is 115 Å². The van der Waals surface area contributed by atoms with Crippen LogP contribution in [0, 0.1) is 11.3 Å². The highest BCUT2D eigenvalue weighted by atomic mass is 16.3. The minimum atomic E-state index is -0.330. The first-order valence-corrected chi connectivity index (χ1v) is 11.3. The molecule has 0 spiro atoms. The Hall–Kier alpha value is -2.71. The zero-order chi connectivity index (χ0) is 24.1. The minimum absolute atomic E-state index is 0.0598. The molecule has 0 aromatic heterocycles. The molecule has 0 aliphatic heterocycles. The van der Waals surface area contributed by atoms with Crippen molar-refractivity contribution in [3.8, 4) is 0 Å². The van der Waals surface area contributed by atoms with Gasteiger partial charge in [0.05, 0.1) is 6.10 Å². The van der Waals surface area contributed by atoms with Crippen LogP contribution >= 0.6 is 0 Å². The van der Waals surface area contributed by atoms with Crippen LogP contribution in [-0.4, -0.2) is 17.5 Å². The van der Waals surface area contributed by atoms with E-state index < -0.39 is 0 Å². The maximum absolute atomic E-state index is 10.6. The fourth-order valence-electron chi connectivity index (χ4n) is 3.73. The molecule has 172 valence electrons. The van der Waals surface area contributed by atoms with E-state index in [2.05, 4.69) is 71.1 Å². The standard InChI is InChI=1S/C30H40O2/c1-23(12-8-9-13-24(2)15-11-17-26(4)22-31)14-10-16-25(3)18-19-29-27(5)20-28(32)21-30(29,6)7/h8-20,22,28-29,32H,21H2,1-7H3/b9-8+,14-10+,15-11+,19-18+,23-12+,24-13+,25-16+,26-17+/t28-,29-/m1/s1. The molecule has 1 N–H and O–H groups in total. The molecular weight excluding hydrogens is 392 g/mol. The first-order chi connectivity index (χ1) is 15.0. The number of hydrogen-bond donors (Lipinski definition) is 1. The molecule has 2 atom stereocenters. The Labute approximate surface area is 195 Å². The topological polar surface area (TPSA) is 37.3 Å². The SMILES string of the molecule is CC1=C[C@@H](O)CC(C)(C)[C@@H]1/C=C/C(C)=C/C=C/C(C)=C/C=C/C=C(C)/C=C/C=C(\C)C=O. The maximum Gasteiger partial charge on any atom is 0.145 e. The van der Waals surface area contributed by atoms with Crippen LogP contribution in [0.2, 0.25) is 0 Å². The number of aliphatic hydroxyl groups excluding tert-OH is 1. The Bertz CT molecular complexity index is 908. The van der Waals surface area contributed by atoms with Gasteiger partial charge in [-0.3, -0.25) is 4.79 Å². The van der Waals surface area contributed by atoms with Crippen molar-refractivity contribution in [2.24, 2.45) is 11.3 Å². The summed E-state index contributed by atoms with van der Waals surface area (Å²) >= 11 is 0. The van der Waals surface area contributed by atoms with E-state index in [-0.39, 0.29) is 11.5 Å². The highest BCUT2D eigenvalue weighted by Crippen LogP contribution is 2.41. The molecule has 0 radical (unpaired) electrons. The summed E-state index contributed by atoms with van der Waals surface area (Å²) in [5, 5.41) is 9.99. The molecule has 32 heavy (non-hydrogen) atoms. The first kappa shape index (κ1) is 27.3. The van der Waals surface area contributed by atoms with Crippen molar-refractivity contribution in [1.29, 1.82) is 0 Å². The molecular formula is C30H40O2. The highest BCUT2D eigenvalue weighted by Gasteiger charge is 2.34. The monoisotopic (exact) mass is 432 g/mol. The van der Waals surface area contributed by atoms with Crippen molar-refractivity contribution >= 4 is 6.29 Å². The normalized spacial score (nSPS) is 23.7. The summed E-state index contributed by atoms with van der Waals surface area (Å²) < 4.78 is 0. The van der Waals surface area contributed by atoms with Gasteiger partial charge in [-0.05, 0) is 52.0 Å². The Kier molecular flexibility index (Phi) is 11.7. The predicted octanol–water partition coefficient (Wildman–Crippen LogP) is 7.55. The maximum atomic E-state index is 10.6. The van der Waals surface area contributed by atoms with E-state index in [0.29, 0.717) is 11.5 Å². The zero-order valence-corrected chi connectivity index (χ0v) is 20.8. The van der Waals surface area contributed by atoms with Gasteiger partial charge < -0.3 is 5.11 Å². The fraction of sp³-hybridized carbons (Fsp3) is 0.367. The molecule has 0 aromatic carbocycles. The number of hydrogen-bond acceptors (Lipinski definition) is 2. The van der Waals surface area contributed by atoms with Gasteiger partial charge in [-0.2, -0.15) is 0 Å². The summed E-state index contributed by atoms with van der Waals surface area (Å²) in [5.74, 6) is 0.349. The summed E-state index contributed by atoms with van der Waals surface area (Å²) in [5.41, 5.74) is 5.49. The fourth-order valence-corrected chi connectivity index (χ4v) is 3.73. The molecule has 0 amide bonds. The predicted molar refractivity (Wildman–Crippen MR) is 139 cm³/mol. The molecule has 1 aliphatic carbocycles. The van der Waals surface area contributed by atoms with Crippen LogP contribution in [0.15, 0.2) is 107 Å². The van der Waals surface area contributed by atoms with E-state index >= 15 is 0 Å². The van der Waals surface area contributed by atoms with E-state index in [1.165, 1.54) is 16.7 Å². The quantitative estimate of drug-likeness (QED) is 0.177. The molecule has 0 saturated carbocycles. The van der Waals surface area contributed by atoms with Gasteiger partial charge in [-0.25, -0.2) is 0 Å². The van der Waals surface area contributed by atoms with Crippen LogP contribution in [0.25, 0.3) is 0 Å². The number of aldehydes is 1. The third-order valence-corrected chi connectivity index (χ3v) is 5.53. The van der Waals surface area contributed by atoms with Crippen LogP contribution in [-0.2, 0) is 4.79 Å². The Morgan fingerprint density at radius 1 is 0.844 bits per heavy atom. The van der Waals surface area contributed by atoms with Crippen molar-refractivity contribution in [2.45, 2.75) is 61.0 Å². The van der Waals surface area contributed by atoms with Crippen LogP contribution in [0.4, 0.5) is 0 Å². The molecule has 0 unspecified atom stereocenters. The van der Waals surface area contributed by atoms with Gasteiger partial charge in [0, 0.05) is 5.92 Å². The second-order valence-electron chi connectivity index (χ2n) is 9.37.